The van der Waals surface area contributed by atoms with Gasteiger partial charge in [0, 0.05) is 37.7 Å². The van der Waals surface area contributed by atoms with Crippen LogP contribution in [-0.2, 0) is 0 Å². The van der Waals surface area contributed by atoms with Gasteiger partial charge in [-0.3, -0.25) is 14.4 Å². The number of likely N-dealkylation sites (tertiary alicyclic amines) is 1. The van der Waals surface area contributed by atoms with Gasteiger partial charge in [-0.1, -0.05) is 0 Å². The SMILES string of the molecule is COc1ccc2c(c1)OC1(CCN(C(=O)c3ccc(C)[nH]c3=O)CC1)CNC2=O. The number of methoxy groups -OCH3 is 1. The van der Waals surface area contributed by atoms with E-state index in [9.17, 15) is 14.4 Å². The highest BCUT2D eigenvalue weighted by atomic mass is 16.5. The minimum absolute atomic E-state index is 0.136. The van der Waals surface area contributed by atoms with Gasteiger partial charge in [-0.05, 0) is 31.2 Å². The molecule has 8 heteroatoms. The number of aromatic amines is 1. The molecule has 29 heavy (non-hydrogen) atoms. The van der Waals surface area contributed by atoms with E-state index in [1.165, 1.54) is 0 Å². The molecule has 1 spiro atoms. The Kier molecular flexibility index (Phi) is 4.77. The van der Waals surface area contributed by atoms with Crippen LogP contribution >= 0.6 is 0 Å². The minimum Gasteiger partial charge on any atom is -0.497 e. The molecule has 0 saturated carbocycles. The normalized spacial score (nSPS) is 17.7. The highest BCUT2D eigenvalue weighted by Crippen LogP contribution is 2.35. The Morgan fingerprint density at radius 1 is 1.17 bits per heavy atom. The highest BCUT2D eigenvalue weighted by Gasteiger charge is 2.41. The van der Waals surface area contributed by atoms with Gasteiger partial charge in [0.15, 0.2) is 0 Å². The summed E-state index contributed by atoms with van der Waals surface area (Å²) in [5, 5.41) is 2.93. The number of carbonyl (C=O) groups is 2. The van der Waals surface area contributed by atoms with Crippen LogP contribution in [0.3, 0.4) is 0 Å². The van der Waals surface area contributed by atoms with E-state index in [0.717, 1.165) is 0 Å². The molecule has 2 N–H and O–H groups in total. The van der Waals surface area contributed by atoms with Crippen LogP contribution in [-0.4, -0.2) is 54.0 Å². The van der Waals surface area contributed by atoms with Gasteiger partial charge in [0.05, 0.1) is 19.2 Å². The summed E-state index contributed by atoms with van der Waals surface area (Å²) in [6.45, 7) is 2.99. The molecule has 0 aliphatic carbocycles. The van der Waals surface area contributed by atoms with Crippen molar-refractivity contribution in [3.63, 3.8) is 0 Å². The fraction of sp³-hybridized carbons (Fsp3) is 0.381. The van der Waals surface area contributed by atoms with Crippen molar-refractivity contribution in [3.05, 3.63) is 57.5 Å². The van der Waals surface area contributed by atoms with Crippen LogP contribution in [0, 0.1) is 6.92 Å². The smallest absolute Gasteiger partial charge is 0.260 e. The molecule has 0 radical (unpaired) electrons. The van der Waals surface area contributed by atoms with Crippen LogP contribution in [0.1, 0.15) is 39.3 Å². The third-order valence-corrected chi connectivity index (χ3v) is 5.58. The molecule has 2 aliphatic rings. The van der Waals surface area contributed by atoms with Crippen LogP contribution in [0.25, 0.3) is 0 Å². The van der Waals surface area contributed by atoms with Gasteiger partial charge in [0.1, 0.15) is 22.7 Å². The summed E-state index contributed by atoms with van der Waals surface area (Å²) in [5.41, 5.74) is 0.322. The first-order valence-corrected chi connectivity index (χ1v) is 9.55. The van der Waals surface area contributed by atoms with Crippen molar-refractivity contribution in [2.75, 3.05) is 26.7 Å². The molecule has 1 fully saturated rings. The first-order valence-electron chi connectivity index (χ1n) is 9.55. The predicted molar refractivity (Wildman–Crippen MR) is 106 cm³/mol. The van der Waals surface area contributed by atoms with Gasteiger partial charge in [-0.15, -0.1) is 0 Å². The van der Waals surface area contributed by atoms with E-state index in [1.54, 1.807) is 49.3 Å². The van der Waals surface area contributed by atoms with Crippen molar-refractivity contribution in [2.24, 2.45) is 0 Å². The molecule has 8 nitrogen and oxygen atoms in total. The van der Waals surface area contributed by atoms with Crippen molar-refractivity contribution in [3.8, 4) is 11.5 Å². The number of carbonyl (C=O) groups excluding carboxylic acids is 2. The van der Waals surface area contributed by atoms with Crippen LogP contribution in [0.2, 0.25) is 0 Å². The number of aromatic nitrogens is 1. The number of rotatable bonds is 2. The molecule has 1 aromatic carbocycles. The second kappa shape index (κ2) is 7.27. The van der Waals surface area contributed by atoms with Crippen molar-refractivity contribution >= 4 is 11.8 Å². The van der Waals surface area contributed by atoms with Gasteiger partial charge < -0.3 is 24.7 Å². The number of pyridine rings is 1. The molecule has 0 atom stereocenters. The summed E-state index contributed by atoms with van der Waals surface area (Å²) in [6, 6.07) is 8.40. The standard InChI is InChI=1S/C21H23N3O5/c1-13-3-5-16(19(26)23-13)20(27)24-9-7-21(8-10-24)12-22-18(25)15-6-4-14(28-2)11-17(15)29-21/h3-6,11H,7-10,12H2,1-2H3,(H,22,25)(H,23,26). The van der Waals surface area contributed by atoms with Crippen LogP contribution in [0.15, 0.2) is 35.1 Å². The van der Waals surface area contributed by atoms with Gasteiger partial charge in [-0.2, -0.15) is 0 Å². The van der Waals surface area contributed by atoms with E-state index in [-0.39, 0.29) is 22.9 Å². The number of ether oxygens (including phenoxy) is 2. The molecule has 0 bridgehead atoms. The second-order valence-corrected chi connectivity index (χ2v) is 7.51. The predicted octanol–water partition coefficient (Wildman–Crippen LogP) is 1.49. The maximum atomic E-state index is 12.8. The summed E-state index contributed by atoms with van der Waals surface area (Å²) in [5.74, 6) is 0.610. The first kappa shape index (κ1) is 19.0. The number of hydrogen-bond acceptors (Lipinski definition) is 5. The number of nitrogens with one attached hydrogen (secondary N) is 2. The second-order valence-electron chi connectivity index (χ2n) is 7.51. The van der Waals surface area contributed by atoms with Crippen molar-refractivity contribution < 1.29 is 19.1 Å². The fourth-order valence-corrected chi connectivity index (χ4v) is 3.81. The lowest BCUT2D eigenvalue weighted by Gasteiger charge is -2.41. The van der Waals surface area contributed by atoms with Crippen molar-refractivity contribution in [2.45, 2.75) is 25.4 Å². The Morgan fingerprint density at radius 3 is 2.62 bits per heavy atom. The Morgan fingerprint density at radius 2 is 1.93 bits per heavy atom. The van der Waals surface area contributed by atoms with Crippen LogP contribution in [0.4, 0.5) is 0 Å². The number of fused-ring (bicyclic) bond motifs is 1. The Balaban J connectivity index is 1.52. The zero-order valence-corrected chi connectivity index (χ0v) is 16.4. The van der Waals surface area contributed by atoms with E-state index in [4.69, 9.17) is 9.47 Å². The number of aryl methyl sites for hydroxylation is 1. The van der Waals surface area contributed by atoms with Gasteiger partial charge in [0.2, 0.25) is 0 Å². The van der Waals surface area contributed by atoms with E-state index in [0.29, 0.717) is 55.2 Å². The number of hydrogen-bond donors (Lipinski definition) is 2. The van der Waals surface area contributed by atoms with Crippen LogP contribution in [0.5, 0.6) is 11.5 Å². The quantitative estimate of drug-likeness (QED) is 0.800. The molecular weight excluding hydrogens is 374 g/mol. The molecule has 3 heterocycles. The lowest BCUT2D eigenvalue weighted by atomic mass is 9.90. The minimum atomic E-state index is -0.607. The van der Waals surface area contributed by atoms with E-state index in [2.05, 4.69) is 10.3 Å². The van der Waals surface area contributed by atoms with Gasteiger partial charge >= 0.3 is 0 Å². The third kappa shape index (κ3) is 3.57. The maximum Gasteiger partial charge on any atom is 0.260 e. The topological polar surface area (TPSA) is 101 Å². The lowest BCUT2D eigenvalue weighted by Crippen LogP contribution is -2.54. The maximum absolute atomic E-state index is 12.8. The summed E-state index contributed by atoms with van der Waals surface area (Å²) in [4.78, 5) is 41.6. The number of H-pyrrole nitrogens is 1. The number of amides is 2. The molecule has 152 valence electrons. The molecule has 0 unspecified atom stereocenters. The number of nitrogens with zero attached hydrogens (tertiary/aromatic N) is 1. The van der Waals surface area contributed by atoms with Crippen LogP contribution < -0.4 is 20.3 Å². The summed E-state index contributed by atoms with van der Waals surface area (Å²) >= 11 is 0. The van der Waals surface area contributed by atoms with Gasteiger partial charge in [0.25, 0.3) is 17.4 Å². The molecule has 4 rings (SSSR count). The van der Waals surface area contributed by atoms with E-state index < -0.39 is 5.60 Å². The largest absolute Gasteiger partial charge is 0.497 e. The average molecular weight is 397 g/mol. The summed E-state index contributed by atoms with van der Waals surface area (Å²) < 4.78 is 11.6. The summed E-state index contributed by atoms with van der Waals surface area (Å²) in [6.07, 6.45) is 1.08. The lowest BCUT2D eigenvalue weighted by molar-refractivity contribution is 0.00756. The van der Waals surface area contributed by atoms with Crippen molar-refractivity contribution in [1.82, 2.24) is 15.2 Å². The average Bonchev–Trinajstić information content (AvgIpc) is 2.84. The fourth-order valence-electron chi connectivity index (χ4n) is 3.81. The van der Waals surface area contributed by atoms with E-state index in [1.807, 2.05) is 0 Å². The number of piperidine rings is 1. The molecular formula is C21H23N3O5. The zero-order chi connectivity index (χ0) is 20.6. The zero-order valence-electron chi connectivity index (χ0n) is 16.4. The number of benzene rings is 1. The molecule has 1 aromatic heterocycles. The monoisotopic (exact) mass is 397 g/mol. The third-order valence-electron chi connectivity index (χ3n) is 5.58. The summed E-state index contributed by atoms with van der Waals surface area (Å²) in [7, 11) is 1.56. The Bertz CT molecular complexity index is 1020. The molecule has 2 aromatic rings. The molecule has 2 aliphatic heterocycles. The molecule has 2 amide bonds. The Hall–Kier alpha value is -3.29. The van der Waals surface area contributed by atoms with Gasteiger partial charge in [-0.25, -0.2) is 0 Å². The first-order chi connectivity index (χ1) is 13.9. The van der Waals surface area contributed by atoms with Crippen molar-refractivity contribution in [1.29, 1.82) is 0 Å². The molecule has 1 saturated heterocycles. The Labute approximate surface area is 167 Å². The highest BCUT2D eigenvalue weighted by molar-refractivity contribution is 5.97. The van der Waals surface area contributed by atoms with E-state index >= 15 is 0 Å².